The van der Waals surface area contributed by atoms with Crippen molar-refractivity contribution in [2.45, 2.75) is 65.6 Å². The van der Waals surface area contributed by atoms with E-state index in [0.717, 1.165) is 0 Å². The van der Waals surface area contributed by atoms with Gasteiger partial charge in [-0.15, -0.1) is 0 Å². The van der Waals surface area contributed by atoms with Gasteiger partial charge in [-0.05, 0) is 68.5 Å². The van der Waals surface area contributed by atoms with E-state index < -0.39 is 23.5 Å². The molecule has 0 spiro atoms. The summed E-state index contributed by atoms with van der Waals surface area (Å²) in [5, 5.41) is 24.4. The molecule has 0 radical (unpaired) electrons. The highest BCUT2D eigenvalue weighted by molar-refractivity contribution is 6.13. The number of carboxylic acid groups (broad SMARTS) is 1. The number of aliphatic carboxylic acids is 1. The Morgan fingerprint density at radius 3 is 2.15 bits per heavy atom. The van der Waals surface area contributed by atoms with Crippen LogP contribution in [0.25, 0.3) is 11.3 Å². The number of amides is 2. The number of ether oxygens (including phenoxy) is 7. The highest BCUT2D eigenvalue weighted by Crippen LogP contribution is 2.40. The molecular weight excluding hydrogens is 943 g/mol. The van der Waals surface area contributed by atoms with Crippen LogP contribution in [-0.4, -0.2) is 138 Å². The molecule has 5 aromatic rings. The van der Waals surface area contributed by atoms with Crippen LogP contribution in [0.1, 0.15) is 79.4 Å². The van der Waals surface area contributed by atoms with Crippen molar-refractivity contribution in [1.29, 1.82) is 5.26 Å². The van der Waals surface area contributed by atoms with E-state index in [-0.39, 0.29) is 67.5 Å². The smallest absolute Gasteiger partial charge is 0.326 e. The molecule has 0 aliphatic carbocycles. The predicted molar refractivity (Wildman–Crippen MR) is 264 cm³/mol. The standard InChI is InChI=1S/C52H61N9O12/c1-51(2,3)16-15-42(49(65)66)60-48(64)35-11-14-45(56-30-35)73-39-10-6-9-38(28-39)72-34-44(62)55-18-19-67-20-21-68-22-23-69-24-25-70-26-27-71-50-57-31-37(32-58-50)41-13-12-40-46(63)52(4,5)61(47(40)59-41)33-36-8-7-17-54-43(36)29-53/h6-14,17,28,30-32,42H,15-16,18-27,33-34H2,1-5H3,(H,55,62)(H,60,64)(H,65,66)/t42-/m0/s1. The van der Waals surface area contributed by atoms with Crippen molar-refractivity contribution in [2.75, 3.05) is 77.5 Å². The Balaban J connectivity index is 0.757. The topological polar surface area (TPSA) is 269 Å². The van der Waals surface area contributed by atoms with Crippen LogP contribution >= 0.6 is 0 Å². The van der Waals surface area contributed by atoms with Gasteiger partial charge in [-0.1, -0.05) is 32.9 Å². The second kappa shape index (κ2) is 26.7. The van der Waals surface area contributed by atoms with Gasteiger partial charge in [-0.3, -0.25) is 14.4 Å². The summed E-state index contributed by atoms with van der Waals surface area (Å²) in [5.41, 5.74) is 1.98. The fraction of sp³-hybridized carbons (Fsp3) is 0.423. The summed E-state index contributed by atoms with van der Waals surface area (Å²) in [6.45, 7) is 13.0. The number of rotatable bonds is 29. The fourth-order valence-electron chi connectivity index (χ4n) is 7.16. The number of nitriles is 1. The lowest BCUT2D eigenvalue weighted by Gasteiger charge is -2.32. The van der Waals surface area contributed by atoms with Crippen LogP contribution in [0, 0.1) is 16.7 Å². The summed E-state index contributed by atoms with van der Waals surface area (Å²) in [6.07, 6.45) is 7.01. The minimum Gasteiger partial charge on any atom is -0.484 e. The number of nitrogens with zero attached hydrogens (tertiary/aromatic N) is 7. The molecule has 1 aromatic carbocycles. The summed E-state index contributed by atoms with van der Waals surface area (Å²) in [4.78, 5) is 73.7. The maximum absolute atomic E-state index is 13.3. The minimum absolute atomic E-state index is 0.0573. The summed E-state index contributed by atoms with van der Waals surface area (Å²) in [7, 11) is 0. The molecule has 0 bridgehead atoms. The Kier molecular flexibility index (Phi) is 20.0. The maximum atomic E-state index is 13.3. The number of carbonyl (C=O) groups excluding carboxylic acids is 3. The minimum atomic E-state index is -1.10. The van der Waals surface area contributed by atoms with Gasteiger partial charge < -0.3 is 53.8 Å². The summed E-state index contributed by atoms with van der Waals surface area (Å²) < 4.78 is 39.2. The zero-order valence-electron chi connectivity index (χ0n) is 41.6. The van der Waals surface area contributed by atoms with Gasteiger partial charge in [0.05, 0.1) is 75.2 Å². The monoisotopic (exact) mass is 1000 g/mol. The highest BCUT2D eigenvalue weighted by Gasteiger charge is 2.45. The number of aromatic nitrogens is 5. The molecule has 0 saturated carbocycles. The molecule has 1 atom stereocenters. The number of Topliss-reactive ketones (excluding diaryl/α,β-unsaturated/α-hetero) is 1. The lowest BCUT2D eigenvalue weighted by Crippen LogP contribution is -2.44. The largest absolute Gasteiger partial charge is 0.484 e. The number of benzene rings is 1. The summed E-state index contributed by atoms with van der Waals surface area (Å²) >= 11 is 0. The lowest BCUT2D eigenvalue weighted by molar-refractivity contribution is -0.139. The third-order valence-electron chi connectivity index (χ3n) is 11.2. The van der Waals surface area contributed by atoms with Gasteiger partial charge in [-0.2, -0.15) is 5.26 Å². The van der Waals surface area contributed by atoms with E-state index in [2.05, 4.69) is 36.6 Å². The Morgan fingerprint density at radius 2 is 1.49 bits per heavy atom. The Labute approximate surface area is 423 Å². The number of ketones is 1. The van der Waals surface area contributed by atoms with Crippen molar-refractivity contribution in [3.05, 3.63) is 108 Å². The van der Waals surface area contributed by atoms with Gasteiger partial charge in [0, 0.05) is 61.1 Å². The molecule has 73 heavy (non-hydrogen) atoms. The van der Waals surface area contributed by atoms with Crippen molar-refractivity contribution in [3.63, 3.8) is 0 Å². The van der Waals surface area contributed by atoms with E-state index in [1.807, 2.05) is 45.6 Å². The number of pyridine rings is 3. The van der Waals surface area contributed by atoms with E-state index in [0.29, 0.717) is 104 Å². The average molecular weight is 1000 g/mol. The first-order valence-corrected chi connectivity index (χ1v) is 23.7. The van der Waals surface area contributed by atoms with Crippen LogP contribution in [0.3, 0.4) is 0 Å². The van der Waals surface area contributed by atoms with Crippen LogP contribution in [0.4, 0.5) is 5.82 Å². The molecule has 1 aliphatic rings. The molecule has 21 heteroatoms. The third-order valence-corrected chi connectivity index (χ3v) is 11.2. The average Bonchev–Trinajstić information content (AvgIpc) is 3.56. The van der Waals surface area contributed by atoms with Gasteiger partial charge in [0.1, 0.15) is 41.7 Å². The van der Waals surface area contributed by atoms with Crippen molar-refractivity contribution in [1.82, 2.24) is 35.6 Å². The Bertz CT molecular complexity index is 2670. The van der Waals surface area contributed by atoms with E-state index in [1.165, 1.54) is 18.3 Å². The van der Waals surface area contributed by atoms with Crippen molar-refractivity contribution in [2.24, 2.45) is 5.41 Å². The van der Waals surface area contributed by atoms with Crippen molar-refractivity contribution < 1.29 is 57.4 Å². The molecule has 0 unspecified atom stereocenters. The molecule has 6 rings (SSSR count). The van der Waals surface area contributed by atoms with E-state index in [1.54, 1.807) is 61.1 Å². The van der Waals surface area contributed by atoms with Gasteiger partial charge in [0.15, 0.2) is 12.4 Å². The van der Waals surface area contributed by atoms with Crippen LogP contribution in [-0.2, 0) is 35.1 Å². The molecule has 4 aromatic heterocycles. The number of carboxylic acids is 1. The number of hydrogen-bond acceptors (Lipinski definition) is 18. The highest BCUT2D eigenvalue weighted by atomic mass is 16.6. The van der Waals surface area contributed by atoms with Crippen molar-refractivity contribution >= 4 is 29.4 Å². The Hall–Kier alpha value is -7.64. The van der Waals surface area contributed by atoms with Gasteiger partial charge >= 0.3 is 12.0 Å². The van der Waals surface area contributed by atoms with Crippen LogP contribution < -0.4 is 29.7 Å². The number of hydrogen-bond donors (Lipinski definition) is 3. The molecule has 1 aliphatic heterocycles. The molecule has 0 fully saturated rings. The van der Waals surface area contributed by atoms with E-state index >= 15 is 0 Å². The first-order chi connectivity index (χ1) is 35.1. The van der Waals surface area contributed by atoms with E-state index in [4.69, 9.17) is 38.1 Å². The quantitative estimate of drug-likeness (QED) is 0.0490. The van der Waals surface area contributed by atoms with Gasteiger partial charge in [0.2, 0.25) is 5.88 Å². The lowest BCUT2D eigenvalue weighted by atomic mass is 9.88. The first kappa shape index (κ1) is 54.7. The predicted octanol–water partition coefficient (Wildman–Crippen LogP) is 5.62. The van der Waals surface area contributed by atoms with Crippen molar-refractivity contribution in [3.8, 4) is 40.7 Å². The number of fused-ring (bicyclic) bond motifs is 1. The second-order valence-corrected chi connectivity index (χ2v) is 18.3. The Morgan fingerprint density at radius 1 is 0.808 bits per heavy atom. The maximum Gasteiger partial charge on any atom is 0.326 e. The molecule has 2 amide bonds. The fourth-order valence-corrected chi connectivity index (χ4v) is 7.16. The molecule has 5 heterocycles. The second-order valence-electron chi connectivity index (χ2n) is 18.3. The van der Waals surface area contributed by atoms with Gasteiger partial charge in [-0.25, -0.2) is 29.7 Å². The SMILES string of the molecule is CC(C)(C)CC[C@H](NC(=O)c1ccc(Oc2cccc(OCC(=O)NCCOCCOCCOCCOCCOc3ncc(-c4ccc5c(n4)N(Cc4cccnc4C#N)C(C)(C)C5=O)cn3)c2)nc1)C(=O)O. The molecule has 21 nitrogen and oxygen atoms in total. The van der Waals surface area contributed by atoms with Crippen LogP contribution in [0.15, 0.2) is 85.5 Å². The molecule has 3 N–H and O–H groups in total. The van der Waals surface area contributed by atoms with Gasteiger partial charge in [0.25, 0.3) is 11.8 Å². The summed E-state index contributed by atoms with van der Waals surface area (Å²) in [6, 6.07) is 18.0. The normalized spacial score (nSPS) is 13.2. The molecular formula is C52H61N9O12. The molecule has 386 valence electrons. The van der Waals surface area contributed by atoms with E-state index in [9.17, 15) is 29.5 Å². The number of anilines is 1. The molecule has 0 saturated heterocycles. The number of nitrogens with one attached hydrogen (secondary N) is 2. The zero-order chi connectivity index (χ0) is 52.2. The summed E-state index contributed by atoms with van der Waals surface area (Å²) in [5.74, 6) is -0.531. The van der Waals surface area contributed by atoms with Crippen LogP contribution in [0.5, 0.6) is 23.4 Å². The number of carbonyl (C=O) groups is 4. The first-order valence-electron chi connectivity index (χ1n) is 23.7. The third kappa shape index (κ3) is 16.7. The zero-order valence-corrected chi connectivity index (χ0v) is 41.6. The van der Waals surface area contributed by atoms with Crippen LogP contribution in [0.2, 0.25) is 0 Å².